The van der Waals surface area contributed by atoms with Gasteiger partial charge in [0.15, 0.2) is 0 Å². The molecular formula is C22H22N2. The molecule has 4 rings (SSSR count). The SMILES string of the molecule is c1ccc(CC2NC(c3ccccc3)[C@@H](c3ccccc3)N2)cc1. The van der Waals surface area contributed by atoms with Gasteiger partial charge in [-0.25, -0.2) is 0 Å². The highest BCUT2D eigenvalue weighted by atomic mass is 15.2. The second-order valence-corrected chi connectivity index (χ2v) is 6.35. The van der Waals surface area contributed by atoms with E-state index in [9.17, 15) is 0 Å². The molecular weight excluding hydrogens is 292 g/mol. The number of benzene rings is 3. The van der Waals surface area contributed by atoms with Crippen molar-refractivity contribution in [2.45, 2.75) is 24.7 Å². The van der Waals surface area contributed by atoms with Gasteiger partial charge in [0.25, 0.3) is 0 Å². The summed E-state index contributed by atoms with van der Waals surface area (Å²) in [5, 5.41) is 7.59. The van der Waals surface area contributed by atoms with Gasteiger partial charge in [0.05, 0.1) is 18.2 Å². The van der Waals surface area contributed by atoms with E-state index in [0.717, 1.165) is 6.42 Å². The molecule has 1 saturated heterocycles. The molecule has 1 heterocycles. The van der Waals surface area contributed by atoms with Gasteiger partial charge < -0.3 is 0 Å². The van der Waals surface area contributed by atoms with E-state index < -0.39 is 0 Å². The van der Waals surface area contributed by atoms with Crippen molar-refractivity contribution in [3.63, 3.8) is 0 Å². The summed E-state index contributed by atoms with van der Waals surface area (Å²) in [5.41, 5.74) is 4.01. The third kappa shape index (κ3) is 3.25. The van der Waals surface area contributed by atoms with E-state index in [2.05, 4.69) is 102 Å². The van der Waals surface area contributed by atoms with E-state index in [1.165, 1.54) is 16.7 Å². The van der Waals surface area contributed by atoms with Gasteiger partial charge >= 0.3 is 0 Å². The normalized spacial score (nSPS) is 23.2. The Kier molecular flexibility index (Phi) is 4.41. The summed E-state index contributed by atoms with van der Waals surface area (Å²) in [4.78, 5) is 0. The van der Waals surface area contributed by atoms with Gasteiger partial charge in [0.1, 0.15) is 0 Å². The number of rotatable bonds is 4. The van der Waals surface area contributed by atoms with Crippen molar-refractivity contribution in [1.29, 1.82) is 0 Å². The van der Waals surface area contributed by atoms with Crippen LogP contribution >= 0.6 is 0 Å². The Morgan fingerprint density at radius 1 is 0.542 bits per heavy atom. The number of hydrogen-bond donors (Lipinski definition) is 2. The minimum absolute atomic E-state index is 0.266. The third-order valence-electron chi connectivity index (χ3n) is 4.69. The smallest absolute Gasteiger partial charge is 0.0623 e. The number of hydrogen-bond acceptors (Lipinski definition) is 2. The van der Waals surface area contributed by atoms with Crippen LogP contribution < -0.4 is 10.6 Å². The highest BCUT2D eigenvalue weighted by Gasteiger charge is 2.34. The van der Waals surface area contributed by atoms with E-state index >= 15 is 0 Å². The van der Waals surface area contributed by atoms with Crippen LogP contribution in [-0.2, 0) is 6.42 Å². The molecule has 0 aliphatic carbocycles. The van der Waals surface area contributed by atoms with Crippen molar-refractivity contribution in [3.8, 4) is 0 Å². The third-order valence-corrected chi connectivity index (χ3v) is 4.69. The second-order valence-electron chi connectivity index (χ2n) is 6.35. The lowest BCUT2D eigenvalue weighted by molar-refractivity contribution is 0.523. The molecule has 0 spiro atoms. The monoisotopic (exact) mass is 314 g/mol. The maximum atomic E-state index is 3.79. The second kappa shape index (κ2) is 7.00. The van der Waals surface area contributed by atoms with Crippen LogP contribution in [0.5, 0.6) is 0 Å². The van der Waals surface area contributed by atoms with Gasteiger partial charge in [0.2, 0.25) is 0 Å². The van der Waals surface area contributed by atoms with Crippen LogP contribution in [0.15, 0.2) is 91.0 Å². The Morgan fingerprint density at radius 2 is 0.958 bits per heavy atom. The molecule has 3 atom stereocenters. The molecule has 1 aliphatic heterocycles. The van der Waals surface area contributed by atoms with Crippen LogP contribution in [-0.4, -0.2) is 6.17 Å². The molecule has 0 aromatic heterocycles. The lowest BCUT2D eigenvalue weighted by Gasteiger charge is -2.19. The van der Waals surface area contributed by atoms with Gasteiger partial charge in [-0.2, -0.15) is 0 Å². The predicted octanol–water partition coefficient (Wildman–Crippen LogP) is 4.23. The maximum absolute atomic E-state index is 3.79. The average molecular weight is 314 g/mol. The Morgan fingerprint density at radius 3 is 1.42 bits per heavy atom. The fraction of sp³-hybridized carbons (Fsp3) is 0.182. The minimum Gasteiger partial charge on any atom is -0.293 e. The van der Waals surface area contributed by atoms with Crippen LogP contribution in [0.3, 0.4) is 0 Å². The molecule has 3 aromatic carbocycles. The Hall–Kier alpha value is -2.42. The summed E-state index contributed by atoms with van der Waals surface area (Å²) in [6, 6.07) is 32.7. The van der Waals surface area contributed by atoms with E-state index in [1.54, 1.807) is 0 Å². The minimum atomic E-state index is 0.266. The fourth-order valence-corrected chi connectivity index (χ4v) is 3.54. The zero-order valence-corrected chi connectivity index (χ0v) is 13.6. The van der Waals surface area contributed by atoms with Gasteiger partial charge in [-0.3, -0.25) is 10.6 Å². The van der Waals surface area contributed by atoms with Crippen molar-refractivity contribution in [2.75, 3.05) is 0 Å². The zero-order chi connectivity index (χ0) is 16.2. The van der Waals surface area contributed by atoms with Crippen LogP contribution in [0.25, 0.3) is 0 Å². The molecule has 2 N–H and O–H groups in total. The van der Waals surface area contributed by atoms with Gasteiger partial charge in [0, 0.05) is 6.42 Å². The summed E-state index contributed by atoms with van der Waals surface area (Å²) in [5.74, 6) is 0. The molecule has 0 radical (unpaired) electrons. The maximum Gasteiger partial charge on any atom is 0.0623 e. The van der Waals surface area contributed by atoms with Crippen LogP contribution in [0.2, 0.25) is 0 Å². The quantitative estimate of drug-likeness (QED) is 0.753. The van der Waals surface area contributed by atoms with E-state index in [-0.39, 0.29) is 18.2 Å². The standard InChI is InChI=1S/C22H22N2/c1-4-10-17(11-5-1)16-20-23-21(18-12-6-2-7-13-18)22(24-20)19-14-8-3-9-15-19/h1-15,20-24H,16H2/t20?,21-,22?/m1/s1. The highest BCUT2D eigenvalue weighted by Crippen LogP contribution is 2.34. The van der Waals surface area contributed by atoms with E-state index in [1.807, 2.05) is 0 Å². The number of nitrogens with one attached hydrogen (secondary N) is 2. The Balaban J connectivity index is 1.60. The summed E-state index contributed by atoms with van der Waals surface area (Å²) < 4.78 is 0. The molecule has 24 heavy (non-hydrogen) atoms. The zero-order valence-electron chi connectivity index (χ0n) is 13.6. The molecule has 0 bridgehead atoms. The molecule has 2 unspecified atom stereocenters. The van der Waals surface area contributed by atoms with Crippen molar-refractivity contribution in [3.05, 3.63) is 108 Å². The fourth-order valence-electron chi connectivity index (χ4n) is 3.54. The molecule has 1 aliphatic rings. The summed E-state index contributed by atoms with van der Waals surface area (Å²) >= 11 is 0. The molecule has 2 heteroatoms. The van der Waals surface area contributed by atoms with Crippen LogP contribution in [0.1, 0.15) is 28.8 Å². The van der Waals surface area contributed by atoms with Crippen molar-refractivity contribution < 1.29 is 0 Å². The van der Waals surface area contributed by atoms with Gasteiger partial charge in [-0.05, 0) is 16.7 Å². The Bertz CT molecular complexity index is 708. The molecule has 120 valence electrons. The summed E-state index contributed by atoms with van der Waals surface area (Å²) in [6.07, 6.45) is 1.25. The first-order valence-electron chi connectivity index (χ1n) is 8.56. The summed E-state index contributed by atoms with van der Waals surface area (Å²) in [7, 11) is 0. The van der Waals surface area contributed by atoms with E-state index in [4.69, 9.17) is 0 Å². The molecule has 2 nitrogen and oxygen atoms in total. The first kappa shape index (κ1) is 15.1. The summed E-state index contributed by atoms with van der Waals surface area (Å²) in [6.45, 7) is 0. The van der Waals surface area contributed by atoms with Crippen LogP contribution in [0, 0.1) is 0 Å². The van der Waals surface area contributed by atoms with Gasteiger partial charge in [-0.15, -0.1) is 0 Å². The molecule has 0 amide bonds. The average Bonchev–Trinajstić information content (AvgIpc) is 3.08. The van der Waals surface area contributed by atoms with E-state index in [0.29, 0.717) is 0 Å². The lowest BCUT2D eigenvalue weighted by atomic mass is 9.95. The largest absolute Gasteiger partial charge is 0.293 e. The predicted molar refractivity (Wildman–Crippen MR) is 98.6 cm³/mol. The highest BCUT2D eigenvalue weighted by molar-refractivity contribution is 5.30. The van der Waals surface area contributed by atoms with Gasteiger partial charge in [-0.1, -0.05) is 91.0 Å². The Labute approximate surface area is 143 Å². The van der Waals surface area contributed by atoms with Crippen LogP contribution in [0.4, 0.5) is 0 Å². The molecule has 3 aromatic rings. The van der Waals surface area contributed by atoms with Crippen molar-refractivity contribution in [1.82, 2.24) is 10.6 Å². The lowest BCUT2D eigenvalue weighted by Crippen LogP contribution is -2.34. The molecule has 1 fully saturated rings. The topological polar surface area (TPSA) is 24.1 Å². The van der Waals surface area contributed by atoms with Crippen molar-refractivity contribution >= 4 is 0 Å². The molecule has 0 saturated carbocycles. The first-order chi connectivity index (χ1) is 11.9. The first-order valence-corrected chi connectivity index (χ1v) is 8.56. The van der Waals surface area contributed by atoms with Crippen molar-refractivity contribution in [2.24, 2.45) is 0 Å².